The number of carbonyl (C=O) groups is 3. The molecule has 0 aliphatic heterocycles. The van der Waals surface area contributed by atoms with E-state index in [4.69, 9.17) is 15.2 Å². The quantitative estimate of drug-likeness (QED) is 0.752. The van der Waals surface area contributed by atoms with E-state index in [2.05, 4.69) is 4.74 Å². The highest BCUT2D eigenvalue weighted by Crippen LogP contribution is 2.29. The SMILES string of the molecule is COc1cc(C(=O)O[C@@H](C)C(=O)NC(N)=O)ccc1OC(F)F. The molecule has 1 aromatic carbocycles. The van der Waals surface area contributed by atoms with Crippen LogP contribution in [0.25, 0.3) is 0 Å². The van der Waals surface area contributed by atoms with Crippen LogP contribution >= 0.6 is 0 Å². The van der Waals surface area contributed by atoms with E-state index >= 15 is 0 Å². The number of imide groups is 1. The molecule has 0 aliphatic carbocycles. The van der Waals surface area contributed by atoms with Crippen molar-refractivity contribution in [1.29, 1.82) is 0 Å². The largest absolute Gasteiger partial charge is 0.493 e. The maximum Gasteiger partial charge on any atom is 0.387 e. The number of benzene rings is 1. The van der Waals surface area contributed by atoms with Crippen LogP contribution in [-0.2, 0) is 9.53 Å². The number of primary amides is 1. The number of amides is 3. The molecule has 8 nitrogen and oxygen atoms in total. The van der Waals surface area contributed by atoms with Crippen molar-refractivity contribution in [3.8, 4) is 11.5 Å². The highest BCUT2D eigenvalue weighted by molar-refractivity contribution is 5.98. The topological polar surface area (TPSA) is 117 Å². The summed E-state index contributed by atoms with van der Waals surface area (Å²) in [5, 5.41) is 1.75. The molecule has 0 radical (unpaired) electrons. The third-order valence-corrected chi connectivity index (χ3v) is 2.51. The van der Waals surface area contributed by atoms with Gasteiger partial charge in [-0.1, -0.05) is 0 Å². The molecule has 10 heteroatoms. The number of urea groups is 1. The van der Waals surface area contributed by atoms with Crippen LogP contribution in [-0.4, -0.2) is 37.7 Å². The first kappa shape index (κ1) is 18.1. The molecule has 1 aromatic rings. The van der Waals surface area contributed by atoms with Gasteiger partial charge in [0.2, 0.25) is 0 Å². The first-order valence-corrected chi connectivity index (χ1v) is 6.18. The Morgan fingerprint density at radius 2 is 1.87 bits per heavy atom. The predicted molar refractivity (Wildman–Crippen MR) is 72.2 cm³/mol. The molecule has 1 atom stereocenters. The summed E-state index contributed by atoms with van der Waals surface area (Å²) in [4.78, 5) is 33.8. The number of esters is 1. The Bertz CT molecular complexity index is 608. The standard InChI is InChI=1S/C13H14F2N2O6/c1-6(10(18)17-13(16)20)22-11(19)7-3-4-8(23-12(14)15)9(5-7)21-2/h3-6,12H,1-2H3,(H3,16,17,18,20)/t6-/m0/s1. The Kier molecular flexibility index (Phi) is 6.24. The van der Waals surface area contributed by atoms with Crippen LogP contribution in [0, 0.1) is 0 Å². The molecule has 0 aliphatic rings. The zero-order valence-electron chi connectivity index (χ0n) is 12.2. The Morgan fingerprint density at radius 1 is 1.22 bits per heavy atom. The molecule has 3 amide bonds. The number of carbonyl (C=O) groups excluding carboxylic acids is 3. The van der Waals surface area contributed by atoms with Crippen LogP contribution in [0.4, 0.5) is 13.6 Å². The van der Waals surface area contributed by atoms with Crippen LogP contribution < -0.4 is 20.5 Å². The number of rotatable bonds is 6. The van der Waals surface area contributed by atoms with Crippen LogP contribution in [0.15, 0.2) is 18.2 Å². The number of nitrogens with two attached hydrogens (primary N) is 1. The van der Waals surface area contributed by atoms with Gasteiger partial charge in [0.15, 0.2) is 17.6 Å². The summed E-state index contributed by atoms with van der Waals surface area (Å²) in [7, 11) is 1.20. The molecular weight excluding hydrogens is 318 g/mol. The lowest BCUT2D eigenvalue weighted by Crippen LogP contribution is -2.42. The Balaban J connectivity index is 2.84. The van der Waals surface area contributed by atoms with Crippen LogP contribution in [0.1, 0.15) is 17.3 Å². The summed E-state index contributed by atoms with van der Waals surface area (Å²) < 4.78 is 38.3. The third kappa shape index (κ3) is 5.41. The lowest BCUT2D eigenvalue weighted by atomic mass is 10.2. The fourth-order valence-electron chi connectivity index (χ4n) is 1.49. The Morgan fingerprint density at radius 3 is 2.39 bits per heavy atom. The van der Waals surface area contributed by atoms with Gasteiger partial charge in [0.25, 0.3) is 5.91 Å². The van der Waals surface area contributed by atoms with Gasteiger partial charge in [-0.3, -0.25) is 10.1 Å². The van der Waals surface area contributed by atoms with Crippen molar-refractivity contribution in [1.82, 2.24) is 5.32 Å². The van der Waals surface area contributed by atoms with Crippen LogP contribution in [0.3, 0.4) is 0 Å². The third-order valence-electron chi connectivity index (χ3n) is 2.51. The maximum atomic E-state index is 12.2. The van der Waals surface area contributed by atoms with Gasteiger partial charge in [0.1, 0.15) is 0 Å². The number of hydrogen-bond donors (Lipinski definition) is 2. The van der Waals surface area contributed by atoms with Gasteiger partial charge in [-0.25, -0.2) is 9.59 Å². The summed E-state index contributed by atoms with van der Waals surface area (Å²) in [6.07, 6.45) is -1.29. The summed E-state index contributed by atoms with van der Waals surface area (Å²) >= 11 is 0. The van der Waals surface area contributed by atoms with E-state index in [1.165, 1.54) is 14.0 Å². The van der Waals surface area contributed by atoms with E-state index in [0.717, 1.165) is 18.2 Å². The second-order valence-corrected chi connectivity index (χ2v) is 4.15. The van der Waals surface area contributed by atoms with Crippen molar-refractivity contribution in [2.75, 3.05) is 7.11 Å². The van der Waals surface area contributed by atoms with Crippen molar-refractivity contribution in [2.24, 2.45) is 5.73 Å². The highest BCUT2D eigenvalue weighted by atomic mass is 19.3. The van der Waals surface area contributed by atoms with Gasteiger partial charge in [-0.05, 0) is 25.1 Å². The van der Waals surface area contributed by atoms with Gasteiger partial charge in [0, 0.05) is 0 Å². The smallest absolute Gasteiger partial charge is 0.387 e. The average Bonchev–Trinajstić information content (AvgIpc) is 2.46. The minimum absolute atomic E-state index is 0.0674. The van der Waals surface area contributed by atoms with Crippen LogP contribution in [0.2, 0.25) is 0 Å². The lowest BCUT2D eigenvalue weighted by molar-refractivity contribution is -0.127. The van der Waals surface area contributed by atoms with Crippen molar-refractivity contribution in [2.45, 2.75) is 19.6 Å². The minimum Gasteiger partial charge on any atom is -0.493 e. The van der Waals surface area contributed by atoms with Crippen molar-refractivity contribution < 1.29 is 37.4 Å². The van der Waals surface area contributed by atoms with Gasteiger partial charge in [-0.2, -0.15) is 8.78 Å². The molecule has 0 fully saturated rings. The summed E-state index contributed by atoms with van der Waals surface area (Å²) in [6.45, 7) is -1.83. The maximum absolute atomic E-state index is 12.2. The summed E-state index contributed by atoms with van der Waals surface area (Å²) in [6, 6.07) is 2.27. The number of alkyl halides is 2. The van der Waals surface area contributed by atoms with E-state index in [9.17, 15) is 23.2 Å². The average molecular weight is 332 g/mol. The molecule has 1 rings (SSSR count). The number of halogens is 2. The van der Waals surface area contributed by atoms with Gasteiger partial charge < -0.3 is 19.9 Å². The first-order chi connectivity index (χ1) is 10.7. The van der Waals surface area contributed by atoms with Crippen LogP contribution in [0.5, 0.6) is 11.5 Å². The van der Waals surface area contributed by atoms with E-state index < -0.39 is 30.6 Å². The molecule has 0 unspecified atom stereocenters. The minimum atomic E-state index is -3.06. The Hall–Kier alpha value is -2.91. The molecule has 0 heterocycles. The molecule has 126 valence electrons. The monoisotopic (exact) mass is 332 g/mol. The molecule has 3 N–H and O–H groups in total. The molecular formula is C13H14F2N2O6. The first-order valence-electron chi connectivity index (χ1n) is 6.18. The van der Waals surface area contributed by atoms with Crippen molar-refractivity contribution in [3.05, 3.63) is 23.8 Å². The second-order valence-electron chi connectivity index (χ2n) is 4.15. The Labute approximate surface area is 129 Å². The molecule has 0 bridgehead atoms. The van der Waals surface area contributed by atoms with Crippen molar-refractivity contribution in [3.63, 3.8) is 0 Å². The van der Waals surface area contributed by atoms with E-state index in [1.54, 1.807) is 5.32 Å². The zero-order chi connectivity index (χ0) is 17.6. The number of ether oxygens (including phenoxy) is 3. The van der Waals surface area contributed by atoms with E-state index in [-0.39, 0.29) is 17.1 Å². The van der Waals surface area contributed by atoms with Gasteiger partial charge >= 0.3 is 18.6 Å². The predicted octanol–water partition coefficient (Wildman–Crippen LogP) is 1.04. The normalized spacial score (nSPS) is 11.5. The van der Waals surface area contributed by atoms with Gasteiger partial charge in [-0.15, -0.1) is 0 Å². The second kappa shape index (κ2) is 7.92. The summed E-state index contributed by atoms with van der Waals surface area (Å²) in [5.41, 5.74) is 4.70. The number of nitrogens with one attached hydrogen (secondary N) is 1. The summed E-state index contributed by atoms with van der Waals surface area (Å²) in [5.74, 6) is -2.22. The number of methoxy groups -OCH3 is 1. The van der Waals surface area contributed by atoms with Gasteiger partial charge in [0.05, 0.1) is 12.7 Å². The molecule has 0 spiro atoms. The number of hydrogen-bond acceptors (Lipinski definition) is 6. The van der Waals surface area contributed by atoms with Crippen molar-refractivity contribution >= 4 is 17.9 Å². The fraction of sp³-hybridized carbons (Fsp3) is 0.308. The highest BCUT2D eigenvalue weighted by Gasteiger charge is 2.21. The van der Waals surface area contributed by atoms with E-state index in [0.29, 0.717) is 0 Å². The molecule has 0 aromatic heterocycles. The lowest BCUT2D eigenvalue weighted by Gasteiger charge is -2.14. The zero-order valence-corrected chi connectivity index (χ0v) is 12.2. The fourth-order valence-corrected chi connectivity index (χ4v) is 1.49. The molecule has 0 saturated heterocycles. The molecule has 23 heavy (non-hydrogen) atoms. The molecule has 0 saturated carbocycles. The van der Waals surface area contributed by atoms with E-state index in [1.807, 2.05) is 0 Å².